The molecule has 1 aliphatic rings. The zero-order chi connectivity index (χ0) is 20.1. The zero-order valence-corrected chi connectivity index (χ0v) is 17.0. The Morgan fingerprint density at radius 1 is 1.10 bits per heavy atom. The lowest BCUT2D eigenvalue weighted by atomic mass is 10.1. The minimum absolute atomic E-state index is 0.0172. The number of benzene rings is 2. The first-order chi connectivity index (χ1) is 14.7. The Morgan fingerprint density at radius 2 is 1.97 bits per heavy atom. The molecule has 2 N–H and O–H groups in total. The van der Waals surface area contributed by atoms with Gasteiger partial charge in [-0.1, -0.05) is 18.2 Å². The Kier molecular flexibility index (Phi) is 3.99. The minimum Gasteiger partial charge on any atom is -0.456 e. The summed E-state index contributed by atoms with van der Waals surface area (Å²) < 4.78 is 5.93. The highest BCUT2D eigenvalue weighted by molar-refractivity contribution is 7.18. The number of thiophene rings is 1. The van der Waals surface area contributed by atoms with Crippen molar-refractivity contribution in [1.29, 1.82) is 0 Å². The highest BCUT2D eigenvalue weighted by atomic mass is 32.1. The van der Waals surface area contributed by atoms with Gasteiger partial charge in [0.1, 0.15) is 22.0 Å². The van der Waals surface area contributed by atoms with Crippen molar-refractivity contribution in [3.8, 4) is 11.3 Å². The van der Waals surface area contributed by atoms with Crippen LogP contribution >= 0.6 is 11.3 Å². The smallest absolute Gasteiger partial charge is 0.259 e. The van der Waals surface area contributed by atoms with E-state index in [1.54, 1.807) is 11.3 Å². The summed E-state index contributed by atoms with van der Waals surface area (Å²) in [4.78, 5) is 22.4. The summed E-state index contributed by atoms with van der Waals surface area (Å²) in [6, 6.07) is 18.1. The minimum atomic E-state index is -0.0172. The number of para-hydroxylation sites is 1. The monoisotopic (exact) mass is 413 g/mol. The Hall–Kier alpha value is -3.38. The number of aromatic nitrogens is 2. The summed E-state index contributed by atoms with van der Waals surface area (Å²) in [6.07, 6.45) is 3.21. The standard InChI is InChI=1S/C24H19N3O2S/c28-23-22-17-5-3-7-20(17)30-24(22)27-21(26-23)13-25-16-10-8-14(9-11-16)19-12-15-4-1-2-6-18(15)29-19/h1-2,4,6,8-12,25H,3,5,7,13H2,(H,26,27,28). The summed E-state index contributed by atoms with van der Waals surface area (Å²) in [6.45, 7) is 0.470. The van der Waals surface area contributed by atoms with Gasteiger partial charge in [0.2, 0.25) is 0 Å². The molecule has 0 unspecified atom stereocenters. The van der Waals surface area contributed by atoms with Crippen molar-refractivity contribution >= 4 is 38.2 Å². The molecule has 0 radical (unpaired) electrons. The molecule has 0 aliphatic heterocycles. The number of rotatable bonds is 4. The molecular formula is C24H19N3O2S. The van der Waals surface area contributed by atoms with Crippen molar-refractivity contribution in [2.75, 3.05) is 5.32 Å². The molecule has 6 heteroatoms. The number of H-pyrrole nitrogens is 1. The van der Waals surface area contributed by atoms with Crippen molar-refractivity contribution in [1.82, 2.24) is 9.97 Å². The maximum atomic E-state index is 12.6. The van der Waals surface area contributed by atoms with Gasteiger partial charge in [0.15, 0.2) is 0 Å². The number of nitrogens with one attached hydrogen (secondary N) is 2. The largest absolute Gasteiger partial charge is 0.456 e. The lowest BCUT2D eigenvalue weighted by Gasteiger charge is -2.07. The van der Waals surface area contributed by atoms with E-state index in [1.807, 2.05) is 48.5 Å². The lowest BCUT2D eigenvalue weighted by molar-refractivity contribution is 0.631. The summed E-state index contributed by atoms with van der Waals surface area (Å²) in [7, 11) is 0. The molecule has 148 valence electrons. The van der Waals surface area contributed by atoms with Crippen LogP contribution in [0.5, 0.6) is 0 Å². The van der Waals surface area contributed by atoms with Crippen molar-refractivity contribution < 1.29 is 4.42 Å². The molecule has 0 atom stereocenters. The van der Waals surface area contributed by atoms with E-state index in [9.17, 15) is 4.79 Å². The number of furan rings is 1. The summed E-state index contributed by atoms with van der Waals surface area (Å²) in [5.74, 6) is 1.51. The molecule has 0 fully saturated rings. The predicted molar refractivity (Wildman–Crippen MR) is 121 cm³/mol. The van der Waals surface area contributed by atoms with Gasteiger partial charge in [-0.25, -0.2) is 4.98 Å². The maximum Gasteiger partial charge on any atom is 0.259 e. The Bertz CT molecular complexity index is 1410. The lowest BCUT2D eigenvalue weighted by Crippen LogP contribution is -2.14. The number of hydrogen-bond acceptors (Lipinski definition) is 5. The molecule has 6 rings (SSSR count). The fourth-order valence-corrected chi connectivity index (χ4v) is 5.47. The van der Waals surface area contributed by atoms with Crippen LogP contribution in [0.3, 0.4) is 0 Å². The molecule has 3 heterocycles. The van der Waals surface area contributed by atoms with Gasteiger partial charge < -0.3 is 14.7 Å². The first-order valence-electron chi connectivity index (χ1n) is 10.1. The average Bonchev–Trinajstić information content (AvgIpc) is 3.46. The van der Waals surface area contributed by atoms with E-state index in [4.69, 9.17) is 4.42 Å². The van der Waals surface area contributed by atoms with Gasteiger partial charge in [-0.3, -0.25) is 4.79 Å². The SMILES string of the molecule is O=c1[nH]c(CNc2ccc(-c3cc4ccccc4o3)cc2)nc2sc3c(c12)CCC3. The van der Waals surface area contributed by atoms with Crippen LogP contribution in [-0.4, -0.2) is 9.97 Å². The highest BCUT2D eigenvalue weighted by Crippen LogP contribution is 2.34. The Balaban J connectivity index is 1.21. The molecule has 0 saturated heterocycles. The van der Waals surface area contributed by atoms with Gasteiger partial charge >= 0.3 is 0 Å². The highest BCUT2D eigenvalue weighted by Gasteiger charge is 2.21. The summed E-state index contributed by atoms with van der Waals surface area (Å²) in [5.41, 5.74) is 4.07. The molecule has 0 bridgehead atoms. The fourth-order valence-electron chi connectivity index (χ4n) is 4.19. The normalized spacial score (nSPS) is 13.2. The Labute approximate surface area is 176 Å². The molecular weight excluding hydrogens is 394 g/mol. The van der Waals surface area contributed by atoms with E-state index in [0.29, 0.717) is 12.4 Å². The number of aryl methyl sites for hydroxylation is 2. The van der Waals surface area contributed by atoms with Gasteiger partial charge in [-0.05, 0) is 61.2 Å². The third kappa shape index (κ3) is 2.92. The second kappa shape index (κ2) is 6.85. The molecule has 0 spiro atoms. The Morgan fingerprint density at radius 3 is 2.83 bits per heavy atom. The van der Waals surface area contributed by atoms with Crippen LogP contribution in [0.4, 0.5) is 5.69 Å². The van der Waals surface area contributed by atoms with E-state index in [0.717, 1.165) is 57.5 Å². The van der Waals surface area contributed by atoms with Crippen LogP contribution in [-0.2, 0) is 19.4 Å². The molecule has 0 amide bonds. The number of fused-ring (bicyclic) bond motifs is 4. The summed E-state index contributed by atoms with van der Waals surface area (Å²) in [5, 5.41) is 5.24. The number of hydrogen-bond donors (Lipinski definition) is 2. The van der Waals surface area contributed by atoms with E-state index in [-0.39, 0.29) is 5.56 Å². The molecule has 3 aromatic heterocycles. The number of nitrogens with zero attached hydrogens (tertiary/aromatic N) is 1. The van der Waals surface area contributed by atoms with Gasteiger partial charge in [0, 0.05) is 21.5 Å². The fraction of sp³-hybridized carbons (Fsp3) is 0.167. The van der Waals surface area contributed by atoms with Gasteiger partial charge in [-0.2, -0.15) is 0 Å². The zero-order valence-electron chi connectivity index (χ0n) is 16.2. The molecule has 5 nitrogen and oxygen atoms in total. The first-order valence-corrected chi connectivity index (χ1v) is 10.9. The number of aromatic amines is 1. The van der Waals surface area contributed by atoms with Crippen molar-refractivity contribution in [2.24, 2.45) is 0 Å². The van der Waals surface area contributed by atoms with Crippen molar-refractivity contribution in [2.45, 2.75) is 25.8 Å². The second-order valence-corrected chi connectivity index (χ2v) is 8.71. The second-order valence-electron chi connectivity index (χ2n) is 7.63. The third-order valence-corrected chi connectivity index (χ3v) is 6.86. The maximum absolute atomic E-state index is 12.6. The van der Waals surface area contributed by atoms with Crippen LogP contribution in [0.1, 0.15) is 22.7 Å². The molecule has 0 saturated carbocycles. The van der Waals surface area contributed by atoms with Crippen molar-refractivity contribution in [3.63, 3.8) is 0 Å². The first kappa shape index (κ1) is 17.5. The molecule has 1 aliphatic carbocycles. The van der Waals surface area contributed by atoms with E-state index >= 15 is 0 Å². The van der Waals surface area contributed by atoms with Crippen LogP contribution in [0.25, 0.3) is 32.5 Å². The summed E-state index contributed by atoms with van der Waals surface area (Å²) >= 11 is 1.67. The molecule has 30 heavy (non-hydrogen) atoms. The topological polar surface area (TPSA) is 70.9 Å². The molecule has 2 aromatic carbocycles. The quantitative estimate of drug-likeness (QED) is 0.408. The van der Waals surface area contributed by atoms with E-state index in [2.05, 4.69) is 21.4 Å². The van der Waals surface area contributed by atoms with E-state index in [1.165, 1.54) is 10.4 Å². The van der Waals surface area contributed by atoms with Crippen LogP contribution in [0.2, 0.25) is 0 Å². The molecule has 5 aromatic rings. The average molecular weight is 414 g/mol. The number of anilines is 1. The third-order valence-electron chi connectivity index (χ3n) is 5.68. The predicted octanol–water partition coefficient (Wildman–Crippen LogP) is 5.50. The van der Waals surface area contributed by atoms with Crippen LogP contribution in [0.15, 0.2) is 63.8 Å². The van der Waals surface area contributed by atoms with Crippen LogP contribution < -0.4 is 10.9 Å². The van der Waals surface area contributed by atoms with Gasteiger partial charge in [0.25, 0.3) is 5.56 Å². The van der Waals surface area contributed by atoms with E-state index < -0.39 is 0 Å². The van der Waals surface area contributed by atoms with Crippen molar-refractivity contribution in [3.05, 3.63) is 81.2 Å². The van der Waals surface area contributed by atoms with Gasteiger partial charge in [-0.15, -0.1) is 11.3 Å². The van der Waals surface area contributed by atoms with Crippen LogP contribution in [0, 0.1) is 0 Å². The van der Waals surface area contributed by atoms with Gasteiger partial charge in [0.05, 0.1) is 11.9 Å².